The minimum Gasteiger partial charge on any atom is -0.468 e. The van der Waals surface area contributed by atoms with E-state index in [1.807, 2.05) is 25.1 Å². The molecule has 1 saturated carbocycles. The Morgan fingerprint density at radius 2 is 2.08 bits per heavy atom. The smallest absolute Gasteiger partial charge is 0.336 e. The van der Waals surface area contributed by atoms with E-state index in [0.29, 0.717) is 24.1 Å². The van der Waals surface area contributed by atoms with E-state index >= 15 is 0 Å². The molecule has 5 nitrogen and oxygen atoms in total. The predicted octanol–water partition coefficient (Wildman–Crippen LogP) is 3.41. The number of ether oxygens (including phenoxy) is 1. The summed E-state index contributed by atoms with van der Waals surface area (Å²) in [6.07, 6.45) is 5.57. The van der Waals surface area contributed by atoms with Crippen LogP contribution in [0.3, 0.4) is 0 Å². The van der Waals surface area contributed by atoms with E-state index in [4.69, 9.17) is 9.15 Å². The number of fused-ring (bicyclic) bond motifs is 2. The zero-order chi connectivity index (χ0) is 18.3. The topological polar surface area (TPSA) is 59.8 Å². The van der Waals surface area contributed by atoms with E-state index < -0.39 is 0 Å². The van der Waals surface area contributed by atoms with Gasteiger partial charge in [0, 0.05) is 24.0 Å². The number of methoxy groups -OCH3 is 1. The zero-order valence-electron chi connectivity index (χ0n) is 15.4. The first-order chi connectivity index (χ1) is 12.6. The molecule has 138 valence electrons. The fraction of sp³-hybridized carbons (Fsp3) is 0.524. The molecule has 26 heavy (non-hydrogen) atoms. The van der Waals surface area contributed by atoms with E-state index in [2.05, 4.69) is 4.90 Å². The first-order valence-corrected chi connectivity index (χ1v) is 9.44. The molecule has 4 rings (SSSR count). The van der Waals surface area contributed by atoms with Gasteiger partial charge in [0.1, 0.15) is 11.6 Å². The molecule has 1 aliphatic heterocycles. The summed E-state index contributed by atoms with van der Waals surface area (Å²) >= 11 is 0. The molecule has 1 aromatic carbocycles. The summed E-state index contributed by atoms with van der Waals surface area (Å²) in [6, 6.07) is 7.66. The SMILES string of the molecule is COC(=O)C1CC2CCCCC2N1Cc1cc(=O)oc2cc(C)ccc12. The average Bonchev–Trinajstić information content (AvgIpc) is 2.99. The molecule has 1 aliphatic carbocycles. The second-order valence-electron chi connectivity index (χ2n) is 7.65. The Bertz CT molecular complexity index is 887. The highest BCUT2D eigenvalue weighted by molar-refractivity contribution is 5.81. The van der Waals surface area contributed by atoms with Crippen molar-refractivity contribution in [1.82, 2.24) is 4.90 Å². The quantitative estimate of drug-likeness (QED) is 0.624. The van der Waals surface area contributed by atoms with Crippen LogP contribution in [0.2, 0.25) is 0 Å². The van der Waals surface area contributed by atoms with Crippen molar-refractivity contribution < 1.29 is 13.9 Å². The maximum absolute atomic E-state index is 12.4. The summed E-state index contributed by atoms with van der Waals surface area (Å²) in [5, 5.41) is 0.943. The molecule has 0 N–H and O–H groups in total. The number of rotatable bonds is 3. The van der Waals surface area contributed by atoms with Crippen LogP contribution in [0.25, 0.3) is 11.0 Å². The Hall–Kier alpha value is -2.14. The Balaban J connectivity index is 1.73. The largest absolute Gasteiger partial charge is 0.468 e. The predicted molar refractivity (Wildman–Crippen MR) is 98.9 cm³/mol. The number of aryl methyl sites for hydroxylation is 1. The molecule has 1 saturated heterocycles. The highest BCUT2D eigenvalue weighted by atomic mass is 16.5. The van der Waals surface area contributed by atoms with E-state index in [1.54, 1.807) is 6.07 Å². The summed E-state index contributed by atoms with van der Waals surface area (Å²) in [6.45, 7) is 2.55. The minimum absolute atomic E-state index is 0.164. The van der Waals surface area contributed by atoms with Gasteiger partial charge in [-0.25, -0.2) is 4.79 Å². The fourth-order valence-electron chi connectivity index (χ4n) is 4.81. The Morgan fingerprint density at radius 3 is 2.88 bits per heavy atom. The van der Waals surface area contributed by atoms with Gasteiger partial charge in [0.25, 0.3) is 0 Å². The average molecular weight is 355 g/mol. The Labute approximate surface area is 152 Å². The lowest BCUT2D eigenvalue weighted by atomic mass is 9.84. The number of benzene rings is 1. The Morgan fingerprint density at radius 1 is 1.27 bits per heavy atom. The van der Waals surface area contributed by atoms with Gasteiger partial charge in [0.2, 0.25) is 0 Å². The molecule has 2 heterocycles. The van der Waals surface area contributed by atoms with Crippen LogP contribution in [0.15, 0.2) is 33.5 Å². The molecule has 0 bridgehead atoms. The molecule has 0 spiro atoms. The second-order valence-corrected chi connectivity index (χ2v) is 7.65. The van der Waals surface area contributed by atoms with Gasteiger partial charge in [-0.1, -0.05) is 25.0 Å². The highest BCUT2D eigenvalue weighted by Gasteiger charge is 2.45. The summed E-state index contributed by atoms with van der Waals surface area (Å²) in [4.78, 5) is 26.7. The minimum atomic E-state index is -0.341. The normalized spacial score (nSPS) is 26.0. The standard InChI is InChI=1S/C21H25NO4/c1-13-7-8-16-15(11-20(23)26-19(16)9-13)12-22-17-6-4-3-5-14(17)10-18(22)21(24)25-2/h7-9,11,14,17-18H,3-6,10,12H2,1-2H3. The molecular formula is C21H25NO4. The number of carbonyl (C=O) groups is 1. The van der Waals surface area contributed by atoms with Crippen LogP contribution in [0.5, 0.6) is 0 Å². The molecule has 5 heteroatoms. The van der Waals surface area contributed by atoms with Gasteiger partial charge in [-0.15, -0.1) is 0 Å². The van der Waals surface area contributed by atoms with Crippen molar-refractivity contribution in [2.75, 3.05) is 7.11 Å². The third-order valence-corrected chi connectivity index (χ3v) is 6.03. The van der Waals surface area contributed by atoms with Crippen LogP contribution in [0, 0.1) is 12.8 Å². The van der Waals surface area contributed by atoms with Crippen molar-refractivity contribution in [3.8, 4) is 0 Å². The highest BCUT2D eigenvalue weighted by Crippen LogP contribution is 2.41. The summed E-state index contributed by atoms with van der Waals surface area (Å²) < 4.78 is 10.5. The van der Waals surface area contributed by atoms with Crippen LogP contribution in [-0.4, -0.2) is 30.1 Å². The maximum Gasteiger partial charge on any atom is 0.336 e. The van der Waals surface area contributed by atoms with E-state index in [9.17, 15) is 9.59 Å². The van der Waals surface area contributed by atoms with Gasteiger partial charge in [0.05, 0.1) is 7.11 Å². The number of nitrogens with zero attached hydrogens (tertiary/aromatic N) is 1. The first kappa shape index (κ1) is 17.3. The van der Waals surface area contributed by atoms with Crippen molar-refractivity contribution in [3.63, 3.8) is 0 Å². The first-order valence-electron chi connectivity index (χ1n) is 9.44. The van der Waals surface area contributed by atoms with Gasteiger partial charge in [-0.2, -0.15) is 0 Å². The lowest BCUT2D eigenvalue weighted by molar-refractivity contribution is -0.146. The van der Waals surface area contributed by atoms with Crippen molar-refractivity contribution in [3.05, 3.63) is 45.8 Å². The molecule has 3 atom stereocenters. The monoisotopic (exact) mass is 355 g/mol. The molecule has 0 radical (unpaired) electrons. The Kier molecular flexibility index (Phi) is 4.57. The molecule has 0 amide bonds. The fourth-order valence-corrected chi connectivity index (χ4v) is 4.81. The van der Waals surface area contributed by atoms with Crippen molar-refractivity contribution in [2.24, 2.45) is 5.92 Å². The van der Waals surface area contributed by atoms with Crippen molar-refractivity contribution in [1.29, 1.82) is 0 Å². The molecule has 2 aromatic rings. The summed E-state index contributed by atoms with van der Waals surface area (Å²) in [5.74, 6) is 0.379. The van der Waals surface area contributed by atoms with Gasteiger partial charge in [-0.3, -0.25) is 9.69 Å². The number of likely N-dealkylation sites (tertiary alicyclic amines) is 1. The van der Waals surface area contributed by atoms with Gasteiger partial charge in [0.15, 0.2) is 0 Å². The molecular weight excluding hydrogens is 330 g/mol. The molecule has 2 aliphatic rings. The van der Waals surface area contributed by atoms with Gasteiger partial charge >= 0.3 is 11.6 Å². The van der Waals surface area contributed by atoms with E-state index in [0.717, 1.165) is 29.4 Å². The molecule has 3 unspecified atom stereocenters. The lowest BCUT2D eigenvalue weighted by Crippen LogP contribution is -2.42. The zero-order valence-corrected chi connectivity index (χ0v) is 15.4. The van der Waals surface area contributed by atoms with Crippen molar-refractivity contribution in [2.45, 2.75) is 57.7 Å². The van der Waals surface area contributed by atoms with E-state index in [-0.39, 0.29) is 17.6 Å². The molecule has 2 fully saturated rings. The number of hydrogen-bond donors (Lipinski definition) is 0. The van der Waals surface area contributed by atoms with Gasteiger partial charge < -0.3 is 9.15 Å². The third-order valence-electron chi connectivity index (χ3n) is 6.03. The van der Waals surface area contributed by atoms with Gasteiger partial charge in [-0.05, 0) is 49.3 Å². The lowest BCUT2D eigenvalue weighted by Gasteiger charge is -2.33. The van der Waals surface area contributed by atoms with E-state index in [1.165, 1.54) is 26.4 Å². The van der Waals surface area contributed by atoms with Crippen LogP contribution in [0.1, 0.15) is 43.2 Å². The number of carbonyl (C=O) groups excluding carboxylic acids is 1. The summed E-state index contributed by atoms with van der Waals surface area (Å²) in [5.41, 5.74) is 2.25. The third kappa shape index (κ3) is 3.05. The van der Waals surface area contributed by atoms with Crippen LogP contribution in [0.4, 0.5) is 0 Å². The van der Waals surface area contributed by atoms with Crippen LogP contribution >= 0.6 is 0 Å². The molecule has 1 aromatic heterocycles. The number of hydrogen-bond acceptors (Lipinski definition) is 5. The van der Waals surface area contributed by atoms with Crippen LogP contribution in [-0.2, 0) is 16.1 Å². The van der Waals surface area contributed by atoms with Crippen LogP contribution < -0.4 is 5.63 Å². The second kappa shape index (κ2) is 6.88. The van der Waals surface area contributed by atoms with Crippen molar-refractivity contribution >= 4 is 16.9 Å². The maximum atomic E-state index is 12.4. The number of esters is 1. The summed E-state index contributed by atoms with van der Waals surface area (Å²) in [7, 11) is 1.46.